The number of pyridine rings is 1. The molecule has 3 rings (SSSR count). The van der Waals surface area contributed by atoms with Gasteiger partial charge >= 0.3 is 0 Å². The van der Waals surface area contributed by atoms with Gasteiger partial charge in [-0.25, -0.2) is 21.6 Å². The fraction of sp³-hybridized carbons (Fsp3) is 0.312. The second kappa shape index (κ2) is 7.41. The highest BCUT2D eigenvalue weighted by atomic mass is 32.2. The van der Waals surface area contributed by atoms with Crippen LogP contribution in [0.1, 0.15) is 11.6 Å². The number of nitrogens with zero attached hydrogens (tertiary/aromatic N) is 2. The third kappa shape index (κ3) is 3.64. The summed E-state index contributed by atoms with van der Waals surface area (Å²) >= 11 is 0. The number of hydrogen-bond acceptors (Lipinski definition) is 6. The molecule has 26 heavy (non-hydrogen) atoms. The first kappa shape index (κ1) is 18.9. The van der Waals surface area contributed by atoms with Crippen molar-refractivity contribution in [3.8, 4) is 0 Å². The molecule has 1 fully saturated rings. The van der Waals surface area contributed by atoms with E-state index in [1.807, 2.05) is 6.07 Å². The van der Waals surface area contributed by atoms with Gasteiger partial charge in [0.1, 0.15) is 0 Å². The smallest absolute Gasteiger partial charge is 0.243 e. The van der Waals surface area contributed by atoms with Crippen LogP contribution in [-0.4, -0.2) is 52.8 Å². The van der Waals surface area contributed by atoms with Gasteiger partial charge in [-0.2, -0.15) is 4.31 Å². The minimum absolute atomic E-state index is 0.0167. The first-order chi connectivity index (χ1) is 12.4. The molecule has 0 aliphatic carbocycles. The van der Waals surface area contributed by atoms with E-state index >= 15 is 0 Å². The van der Waals surface area contributed by atoms with Gasteiger partial charge in [0.2, 0.25) is 20.0 Å². The maximum Gasteiger partial charge on any atom is 0.243 e. The lowest BCUT2D eigenvalue weighted by atomic mass is 10.1. The summed E-state index contributed by atoms with van der Waals surface area (Å²) in [6, 6.07) is 8.47. The third-order valence-corrected chi connectivity index (χ3v) is 7.63. The molecule has 1 aromatic carbocycles. The molecular formula is C16H20N4O4S2. The van der Waals surface area contributed by atoms with E-state index in [-0.39, 0.29) is 15.8 Å². The highest BCUT2D eigenvalue weighted by molar-refractivity contribution is 7.89. The van der Waals surface area contributed by atoms with Crippen LogP contribution in [-0.2, 0) is 20.0 Å². The predicted molar refractivity (Wildman–Crippen MR) is 96.4 cm³/mol. The lowest BCUT2D eigenvalue weighted by Gasteiger charge is -2.35. The maximum absolute atomic E-state index is 13.1. The van der Waals surface area contributed by atoms with Crippen molar-refractivity contribution in [2.75, 3.05) is 26.7 Å². The van der Waals surface area contributed by atoms with Crippen molar-refractivity contribution < 1.29 is 16.8 Å². The van der Waals surface area contributed by atoms with Gasteiger partial charge < -0.3 is 5.32 Å². The summed E-state index contributed by atoms with van der Waals surface area (Å²) < 4.78 is 53.5. The summed E-state index contributed by atoms with van der Waals surface area (Å²) in [6.07, 6.45) is 3.29. The summed E-state index contributed by atoms with van der Waals surface area (Å²) in [5.74, 6) is 0. The average molecular weight is 396 g/mol. The summed E-state index contributed by atoms with van der Waals surface area (Å²) in [7, 11) is -6.09. The maximum atomic E-state index is 13.1. The van der Waals surface area contributed by atoms with Gasteiger partial charge in [0.15, 0.2) is 0 Å². The van der Waals surface area contributed by atoms with E-state index in [0.29, 0.717) is 19.6 Å². The van der Waals surface area contributed by atoms with Crippen molar-refractivity contribution in [3.05, 3.63) is 54.4 Å². The number of sulfonamides is 2. The molecule has 140 valence electrons. The highest BCUT2D eigenvalue weighted by Crippen LogP contribution is 2.28. The van der Waals surface area contributed by atoms with Crippen molar-refractivity contribution in [1.29, 1.82) is 0 Å². The van der Waals surface area contributed by atoms with Gasteiger partial charge in [-0.05, 0) is 42.9 Å². The fourth-order valence-corrected chi connectivity index (χ4v) is 5.22. The van der Waals surface area contributed by atoms with E-state index in [2.05, 4.69) is 15.0 Å². The van der Waals surface area contributed by atoms with Crippen LogP contribution >= 0.6 is 0 Å². The molecule has 1 aliphatic heterocycles. The van der Waals surface area contributed by atoms with Crippen LogP contribution in [0, 0.1) is 0 Å². The third-order valence-electron chi connectivity index (χ3n) is 4.27. The van der Waals surface area contributed by atoms with Crippen molar-refractivity contribution in [1.82, 2.24) is 19.3 Å². The molecule has 1 atom stereocenters. The molecule has 0 amide bonds. The fourth-order valence-electron chi connectivity index (χ4n) is 2.87. The Morgan fingerprint density at radius 1 is 1.12 bits per heavy atom. The van der Waals surface area contributed by atoms with Gasteiger partial charge in [0, 0.05) is 32.0 Å². The molecule has 8 nitrogen and oxygen atoms in total. The van der Waals surface area contributed by atoms with Crippen molar-refractivity contribution in [2.45, 2.75) is 15.8 Å². The van der Waals surface area contributed by atoms with E-state index in [1.54, 1.807) is 18.5 Å². The second-order valence-electron chi connectivity index (χ2n) is 5.80. The van der Waals surface area contributed by atoms with Crippen LogP contribution in [0.3, 0.4) is 0 Å². The minimum Gasteiger partial charge on any atom is -0.313 e. The van der Waals surface area contributed by atoms with Gasteiger partial charge in [0.25, 0.3) is 0 Å². The Hall–Kier alpha value is -1.85. The minimum atomic E-state index is -3.78. The highest BCUT2D eigenvalue weighted by Gasteiger charge is 2.34. The Morgan fingerprint density at radius 2 is 1.81 bits per heavy atom. The first-order valence-electron chi connectivity index (χ1n) is 8.02. The lowest BCUT2D eigenvalue weighted by Crippen LogP contribution is -2.48. The Morgan fingerprint density at radius 3 is 2.42 bits per heavy atom. The molecule has 0 saturated carbocycles. The van der Waals surface area contributed by atoms with E-state index in [9.17, 15) is 16.8 Å². The second-order valence-corrected chi connectivity index (χ2v) is 9.58. The molecule has 1 unspecified atom stereocenters. The van der Waals surface area contributed by atoms with Crippen molar-refractivity contribution >= 4 is 20.0 Å². The van der Waals surface area contributed by atoms with Crippen LogP contribution in [0.4, 0.5) is 0 Å². The van der Waals surface area contributed by atoms with Crippen LogP contribution in [0.25, 0.3) is 0 Å². The zero-order valence-electron chi connectivity index (χ0n) is 14.2. The zero-order valence-corrected chi connectivity index (χ0v) is 15.8. The summed E-state index contributed by atoms with van der Waals surface area (Å²) in [6.45, 7) is 1.35. The van der Waals surface area contributed by atoms with E-state index < -0.39 is 20.0 Å². The number of benzene rings is 1. The number of nitrogens with one attached hydrogen (secondary N) is 2. The van der Waals surface area contributed by atoms with Gasteiger partial charge in [0.05, 0.1) is 15.8 Å². The number of rotatable bonds is 5. The normalized spacial score (nSPS) is 19.3. The quantitative estimate of drug-likeness (QED) is 0.754. The van der Waals surface area contributed by atoms with E-state index in [4.69, 9.17) is 0 Å². The molecular weight excluding hydrogens is 376 g/mol. The topological polar surface area (TPSA) is 108 Å². The number of hydrogen-bond donors (Lipinski definition) is 2. The van der Waals surface area contributed by atoms with Crippen molar-refractivity contribution in [3.63, 3.8) is 0 Å². The molecule has 0 radical (unpaired) electrons. The molecule has 1 saturated heterocycles. The molecule has 2 N–H and O–H groups in total. The van der Waals surface area contributed by atoms with Gasteiger partial charge in [-0.3, -0.25) is 4.98 Å². The predicted octanol–water partition coefficient (Wildman–Crippen LogP) is 0.325. The van der Waals surface area contributed by atoms with E-state index in [1.165, 1.54) is 35.6 Å². The molecule has 2 heterocycles. The van der Waals surface area contributed by atoms with Gasteiger partial charge in [-0.1, -0.05) is 6.07 Å². The molecule has 1 aliphatic rings. The SMILES string of the molecule is CNS(=O)(=O)c1ccc(S(=O)(=O)N2CCNCC2c2cccnc2)cc1. The molecule has 0 spiro atoms. The largest absolute Gasteiger partial charge is 0.313 e. The Bertz CT molecular complexity index is 961. The van der Waals surface area contributed by atoms with Crippen LogP contribution < -0.4 is 10.0 Å². The number of piperazine rings is 1. The first-order valence-corrected chi connectivity index (χ1v) is 10.9. The summed E-state index contributed by atoms with van der Waals surface area (Å²) in [5, 5.41) is 3.20. The van der Waals surface area contributed by atoms with Crippen molar-refractivity contribution in [2.24, 2.45) is 0 Å². The summed E-state index contributed by atoms with van der Waals surface area (Å²) in [5.41, 5.74) is 0.803. The Kier molecular flexibility index (Phi) is 5.39. The van der Waals surface area contributed by atoms with Crippen LogP contribution in [0.15, 0.2) is 58.6 Å². The average Bonchev–Trinajstić information content (AvgIpc) is 2.69. The molecule has 0 bridgehead atoms. The molecule has 10 heteroatoms. The summed E-state index contributed by atoms with van der Waals surface area (Å²) in [4.78, 5) is 4.15. The standard InChI is InChI=1S/C16H20N4O4S2/c1-17-25(21,22)14-4-6-15(7-5-14)26(23,24)20-10-9-19-12-16(20)13-3-2-8-18-11-13/h2-8,11,16-17,19H,9-10,12H2,1H3. The Balaban J connectivity index is 1.95. The monoisotopic (exact) mass is 396 g/mol. The van der Waals surface area contributed by atoms with E-state index in [0.717, 1.165) is 5.56 Å². The lowest BCUT2D eigenvalue weighted by molar-refractivity contribution is 0.271. The molecule has 2 aromatic rings. The zero-order chi connectivity index (χ0) is 18.8. The molecule has 1 aromatic heterocycles. The van der Waals surface area contributed by atoms with Crippen LogP contribution in [0.2, 0.25) is 0 Å². The van der Waals surface area contributed by atoms with Crippen LogP contribution in [0.5, 0.6) is 0 Å². The number of aromatic nitrogens is 1. The van der Waals surface area contributed by atoms with Gasteiger partial charge in [-0.15, -0.1) is 0 Å². The Labute approximate surface area is 153 Å².